The predicted octanol–water partition coefficient (Wildman–Crippen LogP) is 0.540. The number of primary amides is 1. The zero-order chi connectivity index (χ0) is 10.6. The number of carbonyl (C=O) groups excluding carboxylic acids is 1. The maximum Gasteiger partial charge on any atom is 0.231 e. The van der Waals surface area contributed by atoms with Crippen LogP contribution in [0.25, 0.3) is 0 Å². The SMILES string of the molecule is NC(=O)CNCc1cc(F)ccc1F. The first-order valence-electron chi connectivity index (χ1n) is 4.02. The summed E-state index contributed by atoms with van der Waals surface area (Å²) in [6, 6.07) is 3.15. The average molecular weight is 200 g/mol. The van der Waals surface area contributed by atoms with Crippen molar-refractivity contribution in [2.75, 3.05) is 6.54 Å². The van der Waals surface area contributed by atoms with Gasteiger partial charge in [-0.1, -0.05) is 0 Å². The first-order chi connectivity index (χ1) is 6.59. The number of nitrogens with two attached hydrogens (primary N) is 1. The van der Waals surface area contributed by atoms with Crippen LogP contribution >= 0.6 is 0 Å². The Bertz CT molecular complexity index is 342. The van der Waals surface area contributed by atoms with E-state index in [2.05, 4.69) is 5.32 Å². The van der Waals surface area contributed by atoms with Gasteiger partial charge < -0.3 is 11.1 Å². The molecular weight excluding hydrogens is 190 g/mol. The van der Waals surface area contributed by atoms with Gasteiger partial charge in [-0.05, 0) is 18.2 Å². The van der Waals surface area contributed by atoms with E-state index >= 15 is 0 Å². The van der Waals surface area contributed by atoms with E-state index in [4.69, 9.17) is 5.73 Å². The highest BCUT2D eigenvalue weighted by molar-refractivity contribution is 5.75. The summed E-state index contributed by atoms with van der Waals surface area (Å²) in [5, 5.41) is 2.59. The molecule has 1 rings (SSSR count). The third-order valence-corrected chi connectivity index (χ3v) is 1.62. The monoisotopic (exact) mass is 200 g/mol. The normalized spacial score (nSPS) is 10.1. The molecule has 0 heterocycles. The van der Waals surface area contributed by atoms with Gasteiger partial charge in [0.05, 0.1) is 6.54 Å². The van der Waals surface area contributed by atoms with Crippen molar-refractivity contribution in [3.63, 3.8) is 0 Å². The molecule has 0 aliphatic rings. The number of rotatable bonds is 4. The molecule has 0 saturated carbocycles. The fraction of sp³-hybridized carbons (Fsp3) is 0.222. The van der Waals surface area contributed by atoms with Crippen LogP contribution in [0, 0.1) is 11.6 Å². The van der Waals surface area contributed by atoms with Gasteiger partial charge in [-0.25, -0.2) is 8.78 Å². The molecule has 76 valence electrons. The fourth-order valence-electron chi connectivity index (χ4n) is 0.999. The number of carbonyl (C=O) groups is 1. The van der Waals surface area contributed by atoms with Gasteiger partial charge in [0.15, 0.2) is 0 Å². The molecule has 0 aromatic heterocycles. The minimum absolute atomic E-state index is 0.0596. The van der Waals surface area contributed by atoms with Crippen LogP contribution < -0.4 is 11.1 Å². The Kier molecular flexibility index (Phi) is 3.53. The van der Waals surface area contributed by atoms with Gasteiger partial charge in [-0.3, -0.25) is 4.79 Å². The van der Waals surface area contributed by atoms with Crippen molar-refractivity contribution in [2.24, 2.45) is 5.73 Å². The predicted molar refractivity (Wildman–Crippen MR) is 47.3 cm³/mol. The molecule has 3 nitrogen and oxygen atoms in total. The molecule has 1 aromatic rings. The van der Waals surface area contributed by atoms with Crippen LogP contribution in [0.1, 0.15) is 5.56 Å². The molecule has 0 saturated heterocycles. The third kappa shape index (κ3) is 3.10. The Hall–Kier alpha value is -1.49. The lowest BCUT2D eigenvalue weighted by molar-refractivity contribution is -0.117. The van der Waals surface area contributed by atoms with Crippen molar-refractivity contribution in [2.45, 2.75) is 6.54 Å². The van der Waals surface area contributed by atoms with Gasteiger partial charge >= 0.3 is 0 Å². The maximum absolute atomic E-state index is 13.0. The van der Waals surface area contributed by atoms with Crippen molar-refractivity contribution >= 4 is 5.91 Å². The van der Waals surface area contributed by atoms with Crippen LogP contribution in [-0.2, 0) is 11.3 Å². The topological polar surface area (TPSA) is 55.1 Å². The van der Waals surface area contributed by atoms with E-state index in [9.17, 15) is 13.6 Å². The maximum atomic E-state index is 13.0. The molecule has 0 radical (unpaired) electrons. The summed E-state index contributed by atoms with van der Waals surface area (Å²) < 4.78 is 25.6. The van der Waals surface area contributed by atoms with E-state index in [1.165, 1.54) is 0 Å². The van der Waals surface area contributed by atoms with Crippen LogP contribution in [0.2, 0.25) is 0 Å². The molecule has 1 amide bonds. The van der Waals surface area contributed by atoms with Crippen LogP contribution in [0.3, 0.4) is 0 Å². The molecule has 5 heteroatoms. The van der Waals surface area contributed by atoms with Gasteiger partial charge in [0.1, 0.15) is 11.6 Å². The summed E-state index contributed by atoms with van der Waals surface area (Å²) in [6.45, 7) is 0.0164. The summed E-state index contributed by atoms with van der Waals surface area (Å²) >= 11 is 0. The van der Waals surface area contributed by atoms with Gasteiger partial charge in [-0.15, -0.1) is 0 Å². The second kappa shape index (κ2) is 4.66. The number of nitrogens with one attached hydrogen (secondary N) is 1. The number of hydrogen-bond donors (Lipinski definition) is 2. The minimum atomic E-state index is -0.540. The number of amides is 1. The molecule has 0 fully saturated rings. The molecule has 0 aliphatic carbocycles. The Balaban J connectivity index is 2.57. The second-order valence-corrected chi connectivity index (χ2v) is 2.81. The smallest absolute Gasteiger partial charge is 0.231 e. The van der Waals surface area contributed by atoms with E-state index in [1.807, 2.05) is 0 Å². The summed E-state index contributed by atoms with van der Waals surface area (Å²) in [6.07, 6.45) is 0. The van der Waals surface area contributed by atoms with E-state index < -0.39 is 17.5 Å². The van der Waals surface area contributed by atoms with Gasteiger partial charge in [-0.2, -0.15) is 0 Å². The minimum Gasteiger partial charge on any atom is -0.369 e. The Morgan fingerprint density at radius 1 is 1.43 bits per heavy atom. The van der Waals surface area contributed by atoms with E-state index in [0.717, 1.165) is 18.2 Å². The molecule has 0 spiro atoms. The van der Waals surface area contributed by atoms with Crippen LogP contribution in [-0.4, -0.2) is 12.5 Å². The van der Waals surface area contributed by atoms with E-state index in [-0.39, 0.29) is 18.7 Å². The van der Waals surface area contributed by atoms with Gasteiger partial charge in [0.25, 0.3) is 0 Å². The molecule has 3 N–H and O–H groups in total. The molecule has 14 heavy (non-hydrogen) atoms. The van der Waals surface area contributed by atoms with Crippen molar-refractivity contribution in [1.82, 2.24) is 5.32 Å². The molecular formula is C9H10F2N2O. The number of hydrogen-bond acceptors (Lipinski definition) is 2. The second-order valence-electron chi connectivity index (χ2n) is 2.81. The summed E-state index contributed by atoms with van der Waals surface area (Å²) in [4.78, 5) is 10.3. The number of benzene rings is 1. The molecule has 0 aliphatic heterocycles. The first-order valence-corrected chi connectivity index (χ1v) is 4.02. The largest absolute Gasteiger partial charge is 0.369 e. The standard InChI is InChI=1S/C9H10F2N2O/c10-7-1-2-8(11)6(3-7)4-13-5-9(12)14/h1-3,13H,4-5H2,(H2,12,14). The van der Waals surface area contributed by atoms with Crippen LogP contribution in [0.4, 0.5) is 8.78 Å². The van der Waals surface area contributed by atoms with Crippen molar-refractivity contribution in [1.29, 1.82) is 0 Å². The number of halogens is 2. The first kappa shape index (κ1) is 10.6. The highest BCUT2D eigenvalue weighted by Gasteiger charge is 2.03. The summed E-state index contributed by atoms with van der Waals surface area (Å²) in [7, 11) is 0. The highest BCUT2D eigenvalue weighted by atomic mass is 19.1. The summed E-state index contributed by atoms with van der Waals surface area (Å²) in [5.41, 5.74) is 5.03. The lowest BCUT2D eigenvalue weighted by atomic mass is 10.2. The Labute approximate surface area is 79.9 Å². The van der Waals surface area contributed by atoms with Crippen molar-refractivity contribution < 1.29 is 13.6 Å². The molecule has 0 atom stereocenters. The van der Waals surface area contributed by atoms with Gasteiger partial charge in [0, 0.05) is 12.1 Å². The van der Waals surface area contributed by atoms with Crippen molar-refractivity contribution in [3.05, 3.63) is 35.4 Å². The van der Waals surface area contributed by atoms with E-state index in [0.29, 0.717) is 0 Å². The van der Waals surface area contributed by atoms with Crippen LogP contribution in [0.5, 0.6) is 0 Å². The summed E-state index contributed by atoms with van der Waals surface area (Å²) in [5.74, 6) is -1.56. The lowest BCUT2D eigenvalue weighted by Crippen LogP contribution is -2.28. The van der Waals surface area contributed by atoms with Gasteiger partial charge in [0.2, 0.25) is 5.91 Å². The Morgan fingerprint density at radius 3 is 2.79 bits per heavy atom. The highest BCUT2D eigenvalue weighted by Crippen LogP contribution is 2.08. The molecule has 0 unspecified atom stereocenters. The lowest BCUT2D eigenvalue weighted by Gasteiger charge is -2.03. The molecule has 1 aromatic carbocycles. The zero-order valence-corrected chi connectivity index (χ0v) is 7.39. The third-order valence-electron chi connectivity index (χ3n) is 1.62. The van der Waals surface area contributed by atoms with Crippen molar-refractivity contribution in [3.8, 4) is 0 Å². The average Bonchev–Trinajstić information content (AvgIpc) is 2.10. The fourth-order valence-corrected chi connectivity index (χ4v) is 0.999. The molecule has 0 bridgehead atoms. The zero-order valence-electron chi connectivity index (χ0n) is 7.39. The Morgan fingerprint density at radius 2 is 2.14 bits per heavy atom. The van der Waals surface area contributed by atoms with E-state index in [1.54, 1.807) is 0 Å². The van der Waals surface area contributed by atoms with Crippen LogP contribution in [0.15, 0.2) is 18.2 Å². The quantitative estimate of drug-likeness (QED) is 0.745.